The van der Waals surface area contributed by atoms with Crippen LogP contribution in [0.15, 0.2) is 47.1 Å². The first-order valence-corrected chi connectivity index (χ1v) is 7.57. The van der Waals surface area contributed by atoms with Gasteiger partial charge in [0.05, 0.1) is 31.4 Å². The second-order valence-corrected chi connectivity index (χ2v) is 5.10. The molecule has 0 bridgehead atoms. The van der Waals surface area contributed by atoms with E-state index in [2.05, 4.69) is 15.4 Å². The zero-order chi connectivity index (χ0) is 18.9. The van der Waals surface area contributed by atoms with Crippen LogP contribution in [0.3, 0.4) is 0 Å². The molecule has 0 unspecified atom stereocenters. The highest BCUT2D eigenvalue weighted by Crippen LogP contribution is 2.26. The fraction of sp³-hybridized carbons (Fsp3) is 0.176. The molecule has 0 saturated heterocycles. The first kappa shape index (κ1) is 18.7. The number of rotatable bonds is 8. The van der Waals surface area contributed by atoms with E-state index in [0.717, 1.165) is 6.08 Å². The average Bonchev–Trinajstić information content (AvgIpc) is 3.16. The molecule has 9 heteroatoms. The Kier molecular flexibility index (Phi) is 6.49. The predicted molar refractivity (Wildman–Crippen MR) is 93.2 cm³/mol. The Morgan fingerprint density at radius 2 is 2.15 bits per heavy atom. The summed E-state index contributed by atoms with van der Waals surface area (Å²) in [4.78, 5) is 33.6. The average molecular weight is 359 g/mol. The summed E-state index contributed by atoms with van der Waals surface area (Å²) in [7, 11) is 1.24. The monoisotopic (exact) mass is 359 g/mol. The first-order valence-electron chi connectivity index (χ1n) is 7.57. The highest BCUT2D eigenvalue weighted by atomic mass is 16.6. The van der Waals surface area contributed by atoms with Gasteiger partial charge in [0.15, 0.2) is 0 Å². The molecule has 2 N–H and O–H groups in total. The lowest BCUT2D eigenvalue weighted by atomic mass is 10.1. The van der Waals surface area contributed by atoms with Crippen LogP contribution in [-0.4, -0.2) is 30.5 Å². The molecular weight excluding hydrogens is 342 g/mol. The van der Waals surface area contributed by atoms with E-state index in [9.17, 15) is 19.7 Å². The fourth-order valence-corrected chi connectivity index (χ4v) is 2.02. The number of furan rings is 1. The van der Waals surface area contributed by atoms with Gasteiger partial charge in [0.2, 0.25) is 5.91 Å². The maximum absolute atomic E-state index is 11.8. The Morgan fingerprint density at radius 3 is 2.81 bits per heavy atom. The van der Waals surface area contributed by atoms with Gasteiger partial charge >= 0.3 is 5.97 Å². The van der Waals surface area contributed by atoms with Crippen molar-refractivity contribution in [2.45, 2.75) is 6.54 Å². The number of nitrogens with one attached hydrogen (secondary N) is 2. The van der Waals surface area contributed by atoms with Crippen molar-refractivity contribution in [3.63, 3.8) is 0 Å². The van der Waals surface area contributed by atoms with Crippen LogP contribution in [0, 0.1) is 10.1 Å². The molecule has 9 nitrogen and oxygen atoms in total. The van der Waals surface area contributed by atoms with Crippen molar-refractivity contribution in [1.82, 2.24) is 5.32 Å². The van der Waals surface area contributed by atoms with Gasteiger partial charge in [-0.05, 0) is 29.8 Å². The number of benzene rings is 1. The van der Waals surface area contributed by atoms with E-state index in [1.807, 2.05) is 0 Å². The molecule has 0 spiro atoms. The molecule has 26 heavy (non-hydrogen) atoms. The number of ether oxygens (including phenoxy) is 1. The smallest absolute Gasteiger partial charge is 0.330 e. The van der Waals surface area contributed by atoms with Crippen LogP contribution in [0.2, 0.25) is 0 Å². The molecule has 0 aliphatic rings. The van der Waals surface area contributed by atoms with Gasteiger partial charge in [-0.1, -0.05) is 6.07 Å². The topological polar surface area (TPSA) is 124 Å². The number of esters is 1. The number of carbonyl (C=O) groups excluding carboxylic acids is 2. The SMILES string of the molecule is COC(=O)/C=C/c1ccc(NCC(=O)NCc2ccco2)c([N+](=O)[O-])c1. The number of nitrogens with zero attached hydrogens (tertiary/aromatic N) is 1. The Morgan fingerprint density at radius 1 is 1.35 bits per heavy atom. The van der Waals surface area contributed by atoms with Crippen LogP contribution in [0.1, 0.15) is 11.3 Å². The van der Waals surface area contributed by atoms with E-state index in [1.54, 1.807) is 18.2 Å². The molecular formula is C17H17N3O6. The predicted octanol–water partition coefficient (Wildman–Crippen LogP) is 2.10. The number of anilines is 1. The zero-order valence-electron chi connectivity index (χ0n) is 13.9. The molecule has 1 amide bonds. The van der Waals surface area contributed by atoms with E-state index in [1.165, 1.54) is 31.6 Å². The minimum atomic E-state index is -0.571. The maximum atomic E-state index is 11.8. The Bertz CT molecular complexity index is 814. The quantitative estimate of drug-likeness (QED) is 0.320. The van der Waals surface area contributed by atoms with Crippen molar-refractivity contribution < 1.29 is 23.7 Å². The van der Waals surface area contributed by atoms with E-state index in [4.69, 9.17) is 4.42 Å². The number of hydrogen-bond acceptors (Lipinski definition) is 7. The van der Waals surface area contributed by atoms with E-state index >= 15 is 0 Å². The van der Waals surface area contributed by atoms with E-state index in [-0.39, 0.29) is 30.4 Å². The van der Waals surface area contributed by atoms with Crippen LogP contribution < -0.4 is 10.6 Å². The maximum Gasteiger partial charge on any atom is 0.330 e. The third kappa shape index (κ3) is 5.48. The summed E-state index contributed by atoms with van der Waals surface area (Å²) in [6.45, 7) is 0.0891. The highest BCUT2D eigenvalue weighted by molar-refractivity contribution is 5.87. The van der Waals surface area contributed by atoms with Crippen molar-refractivity contribution in [1.29, 1.82) is 0 Å². The van der Waals surface area contributed by atoms with Gasteiger partial charge in [0.25, 0.3) is 5.69 Å². The second kappa shape index (κ2) is 9.02. The summed E-state index contributed by atoms with van der Waals surface area (Å²) in [6.07, 6.45) is 4.06. The standard InChI is InChI=1S/C17H17N3O6/c1-25-17(22)7-5-12-4-6-14(15(9-12)20(23)24)18-11-16(21)19-10-13-3-2-8-26-13/h2-9,18H,10-11H2,1H3,(H,19,21)/b7-5+. The van der Waals surface area contributed by atoms with Crippen LogP contribution >= 0.6 is 0 Å². The van der Waals surface area contributed by atoms with Crippen LogP contribution in [0.4, 0.5) is 11.4 Å². The lowest BCUT2D eigenvalue weighted by Gasteiger charge is -2.08. The minimum absolute atomic E-state index is 0.140. The molecule has 0 fully saturated rings. The molecule has 0 aliphatic carbocycles. The molecule has 1 aromatic carbocycles. The van der Waals surface area contributed by atoms with E-state index in [0.29, 0.717) is 11.3 Å². The third-order valence-electron chi connectivity index (χ3n) is 3.31. The van der Waals surface area contributed by atoms with Crippen molar-refractivity contribution in [3.05, 3.63) is 64.1 Å². The number of nitro benzene ring substituents is 1. The molecule has 2 aromatic rings. The first-order chi connectivity index (χ1) is 12.5. The van der Waals surface area contributed by atoms with Gasteiger partial charge in [0.1, 0.15) is 11.4 Å². The summed E-state index contributed by atoms with van der Waals surface area (Å²) >= 11 is 0. The van der Waals surface area contributed by atoms with Crippen molar-refractivity contribution in [3.8, 4) is 0 Å². The van der Waals surface area contributed by atoms with Gasteiger partial charge in [0, 0.05) is 12.1 Å². The number of amides is 1. The third-order valence-corrected chi connectivity index (χ3v) is 3.31. The van der Waals surface area contributed by atoms with Gasteiger partial charge < -0.3 is 19.8 Å². The molecule has 136 valence electrons. The Labute approximate surface area is 148 Å². The summed E-state index contributed by atoms with van der Waals surface area (Å²) in [6, 6.07) is 7.77. The van der Waals surface area contributed by atoms with E-state index < -0.39 is 10.9 Å². The van der Waals surface area contributed by atoms with Gasteiger partial charge in [-0.2, -0.15) is 0 Å². The van der Waals surface area contributed by atoms with Crippen molar-refractivity contribution in [2.75, 3.05) is 19.0 Å². The van der Waals surface area contributed by atoms with Crippen LogP contribution in [-0.2, 0) is 20.9 Å². The molecule has 1 aromatic heterocycles. The fourth-order valence-electron chi connectivity index (χ4n) is 2.02. The van der Waals surface area contributed by atoms with Crippen molar-refractivity contribution in [2.24, 2.45) is 0 Å². The lowest BCUT2D eigenvalue weighted by Crippen LogP contribution is -2.29. The highest BCUT2D eigenvalue weighted by Gasteiger charge is 2.15. The number of methoxy groups -OCH3 is 1. The summed E-state index contributed by atoms with van der Waals surface area (Å²) < 4.78 is 9.56. The van der Waals surface area contributed by atoms with Crippen LogP contribution in [0.5, 0.6) is 0 Å². The zero-order valence-corrected chi connectivity index (χ0v) is 13.9. The van der Waals surface area contributed by atoms with Gasteiger partial charge in [-0.25, -0.2) is 4.79 Å². The molecule has 1 heterocycles. The molecule has 2 rings (SSSR count). The molecule has 0 radical (unpaired) electrons. The lowest BCUT2D eigenvalue weighted by molar-refractivity contribution is -0.384. The van der Waals surface area contributed by atoms with Crippen molar-refractivity contribution >= 4 is 29.3 Å². The Balaban J connectivity index is 1.99. The Hall–Kier alpha value is -3.62. The number of carbonyl (C=O) groups is 2. The number of hydrogen-bond donors (Lipinski definition) is 2. The normalized spacial score (nSPS) is 10.5. The van der Waals surface area contributed by atoms with Crippen LogP contribution in [0.25, 0.3) is 6.08 Å². The van der Waals surface area contributed by atoms with Gasteiger partial charge in [-0.3, -0.25) is 14.9 Å². The minimum Gasteiger partial charge on any atom is -0.467 e. The second-order valence-electron chi connectivity index (χ2n) is 5.10. The van der Waals surface area contributed by atoms with Gasteiger partial charge in [-0.15, -0.1) is 0 Å². The largest absolute Gasteiger partial charge is 0.467 e. The number of nitro groups is 1. The summed E-state index contributed by atoms with van der Waals surface area (Å²) in [5.74, 6) is -0.306. The summed E-state index contributed by atoms with van der Waals surface area (Å²) in [5, 5.41) is 16.6. The summed E-state index contributed by atoms with van der Waals surface area (Å²) in [5.41, 5.74) is 0.434. The molecule has 0 saturated carbocycles. The molecule has 0 atom stereocenters. The molecule has 0 aliphatic heterocycles.